The van der Waals surface area contributed by atoms with Crippen molar-refractivity contribution in [1.82, 2.24) is 14.7 Å². The van der Waals surface area contributed by atoms with Crippen molar-refractivity contribution < 1.29 is 19.1 Å². The van der Waals surface area contributed by atoms with E-state index < -0.39 is 5.92 Å². The van der Waals surface area contributed by atoms with Crippen LogP contribution in [0.1, 0.15) is 56.4 Å². The third kappa shape index (κ3) is 6.45. The predicted molar refractivity (Wildman–Crippen MR) is 169 cm³/mol. The summed E-state index contributed by atoms with van der Waals surface area (Å²) in [6, 6.07) is 21.1. The smallest absolute Gasteiger partial charge is 0.273 e. The monoisotopic (exact) mass is 590 g/mol. The summed E-state index contributed by atoms with van der Waals surface area (Å²) in [4.78, 5) is 45.8. The molecule has 0 saturated carbocycles. The van der Waals surface area contributed by atoms with E-state index in [1.165, 1.54) is 17.5 Å². The average Bonchev–Trinajstić information content (AvgIpc) is 3.74. The Labute approximate surface area is 255 Å². The average molecular weight is 591 g/mol. The topological polar surface area (TPSA) is 118 Å². The second-order valence-corrected chi connectivity index (χ2v) is 11.1. The first-order valence-electron chi connectivity index (χ1n) is 14.7. The summed E-state index contributed by atoms with van der Waals surface area (Å²) in [7, 11) is 1.70. The van der Waals surface area contributed by atoms with Crippen molar-refractivity contribution in [3.63, 3.8) is 0 Å². The largest absolute Gasteiger partial charge is 0.492 e. The molecule has 10 nitrogen and oxygen atoms in total. The Bertz CT molecular complexity index is 1740. The first-order valence-corrected chi connectivity index (χ1v) is 14.7. The molecule has 2 N–H and O–H groups in total. The van der Waals surface area contributed by atoms with Crippen molar-refractivity contribution in [1.29, 1.82) is 0 Å². The van der Waals surface area contributed by atoms with E-state index in [9.17, 15) is 14.4 Å². The molecule has 44 heavy (non-hydrogen) atoms. The predicted octanol–water partition coefficient (Wildman–Crippen LogP) is 5.12. The molecular formula is C34H34N6O4. The van der Waals surface area contributed by atoms with Gasteiger partial charge in [-0.1, -0.05) is 24.3 Å². The molecule has 2 aliphatic heterocycles. The van der Waals surface area contributed by atoms with Gasteiger partial charge in [-0.15, -0.1) is 0 Å². The van der Waals surface area contributed by atoms with Crippen molar-refractivity contribution in [2.75, 3.05) is 36.9 Å². The third-order valence-corrected chi connectivity index (χ3v) is 7.89. The van der Waals surface area contributed by atoms with Gasteiger partial charge in [0.15, 0.2) is 5.78 Å². The number of ether oxygens (including phenoxy) is 1. The number of rotatable bonds is 10. The molecule has 3 heterocycles. The summed E-state index contributed by atoms with van der Waals surface area (Å²) in [6.07, 6.45) is 4.15. The summed E-state index contributed by atoms with van der Waals surface area (Å²) in [5, 5.41) is 9.91. The number of fused-ring (bicyclic) bond motifs is 1. The van der Waals surface area contributed by atoms with Gasteiger partial charge < -0.3 is 15.4 Å². The number of likely N-dealkylation sites (tertiary alicyclic amines) is 1. The van der Waals surface area contributed by atoms with E-state index in [1.54, 1.807) is 61.8 Å². The lowest BCUT2D eigenvalue weighted by molar-refractivity contribution is -0.115. The summed E-state index contributed by atoms with van der Waals surface area (Å²) in [5.74, 6) is -0.525. The molecule has 4 aromatic rings. The molecule has 0 bridgehead atoms. The number of carbonyl (C=O) groups excluding carboxylic acids is 3. The van der Waals surface area contributed by atoms with Crippen LogP contribution in [0.25, 0.3) is 0 Å². The van der Waals surface area contributed by atoms with E-state index in [4.69, 9.17) is 4.74 Å². The van der Waals surface area contributed by atoms with Crippen LogP contribution in [0.3, 0.4) is 0 Å². The van der Waals surface area contributed by atoms with Gasteiger partial charge in [-0.3, -0.25) is 29.0 Å². The normalized spacial score (nSPS) is 16.2. The number of amides is 2. The Morgan fingerprint density at radius 2 is 1.82 bits per heavy atom. The van der Waals surface area contributed by atoms with Gasteiger partial charge in [0, 0.05) is 42.3 Å². The Hall–Kier alpha value is -5.09. The van der Waals surface area contributed by atoms with Crippen molar-refractivity contribution >= 4 is 40.9 Å². The Morgan fingerprint density at radius 1 is 1.05 bits per heavy atom. The molecule has 0 spiro atoms. The zero-order valence-corrected chi connectivity index (χ0v) is 24.7. The number of hydrogen-bond donors (Lipinski definition) is 2. The highest BCUT2D eigenvalue weighted by Crippen LogP contribution is 2.33. The fraction of sp³-hybridized carbons (Fsp3) is 0.265. The highest BCUT2D eigenvalue weighted by atomic mass is 16.5. The van der Waals surface area contributed by atoms with Crippen molar-refractivity contribution in [3.05, 3.63) is 101 Å². The second kappa shape index (κ2) is 12.6. The van der Waals surface area contributed by atoms with Crippen LogP contribution >= 0.6 is 0 Å². The van der Waals surface area contributed by atoms with Crippen molar-refractivity contribution in [2.24, 2.45) is 12.0 Å². The Kier molecular flexibility index (Phi) is 8.33. The van der Waals surface area contributed by atoms with Crippen LogP contribution in [0, 0.1) is 6.92 Å². The minimum Gasteiger partial charge on any atom is -0.492 e. The van der Waals surface area contributed by atoms with Gasteiger partial charge >= 0.3 is 0 Å². The summed E-state index contributed by atoms with van der Waals surface area (Å²) >= 11 is 0. The summed E-state index contributed by atoms with van der Waals surface area (Å²) in [5.41, 5.74) is 4.53. The van der Waals surface area contributed by atoms with Crippen LogP contribution in [-0.4, -0.2) is 64.7 Å². The molecule has 1 atom stereocenters. The van der Waals surface area contributed by atoms with Gasteiger partial charge in [0.2, 0.25) is 5.91 Å². The van der Waals surface area contributed by atoms with Gasteiger partial charge in [0.05, 0.1) is 11.4 Å². The van der Waals surface area contributed by atoms with Gasteiger partial charge in [-0.2, -0.15) is 5.10 Å². The number of nitrogens with one attached hydrogen (secondary N) is 2. The maximum atomic E-state index is 13.4. The molecule has 1 aromatic heterocycles. The molecule has 0 aliphatic carbocycles. The molecular weight excluding hydrogens is 556 g/mol. The lowest BCUT2D eigenvalue weighted by Gasteiger charge is -2.14. The maximum absolute atomic E-state index is 13.4. The molecule has 1 saturated heterocycles. The van der Waals surface area contributed by atoms with Gasteiger partial charge in [0.25, 0.3) is 5.91 Å². The molecule has 3 aromatic carbocycles. The number of ketones is 1. The Balaban J connectivity index is 1.09. The van der Waals surface area contributed by atoms with Crippen LogP contribution in [0.5, 0.6) is 5.75 Å². The standard InChI is InChI=1S/C34H34N6O4/c1-22-18-31(39(2)38-22)34(43)36-26-7-5-6-23(19-26)32(41)24-8-13-28-29(33(42)37-30(28)20-24)21-35-25-9-11-27(12-10-25)44-17-16-40-14-3-4-15-40/h5-13,18-21,29H,3-4,14-17H2,1-2H3,(H,36,43)(H,37,42). The molecule has 224 valence electrons. The SMILES string of the molecule is Cc1cc(C(=O)Nc2cccc(C(=O)c3ccc4c(c3)NC(=O)C4C=Nc3ccc(OCCN4CCCC4)cc3)c2)n(C)n1. The zero-order valence-electron chi connectivity index (χ0n) is 24.7. The highest BCUT2D eigenvalue weighted by Gasteiger charge is 2.30. The number of anilines is 2. The molecule has 2 amide bonds. The summed E-state index contributed by atoms with van der Waals surface area (Å²) < 4.78 is 7.38. The van der Waals surface area contributed by atoms with Gasteiger partial charge in [-0.05, 0) is 86.9 Å². The maximum Gasteiger partial charge on any atom is 0.273 e. The third-order valence-electron chi connectivity index (χ3n) is 7.89. The molecule has 10 heteroatoms. The fourth-order valence-electron chi connectivity index (χ4n) is 5.59. The van der Waals surface area contributed by atoms with Crippen LogP contribution in [0.4, 0.5) is 17.1 Å². The van der Waals surface area contributed by atoms with Crippen LogP contribution in [-0.2, 0) is 11.8 Å². The van der Waals surface area contributed by atoms with E-state index in [0.29, 0.717) is 34.8 Å². The van der Waals surface area contributed by atoms with Crippen molar-refractivity contribution in [2.45, 2.75) is 25.7 Å². The van der Waals surface area contributed by atoms with Crippen molar-refractivity contribution in [3.8, 4) is 5.75 Å². The molecule has 1 unspecified atom stereocenters. The van der Waals surface area contributed by atoms with Gasteiger partial charge in [-0.25, -0.2) is 0 Å². The highest BCUT2D eigenvalue weighted by molar-refractivity contribution is 6.15. The zero-order chi connectivity index (χ0) is 30.6. The lowest BCUT2D eigenvalue weighted by Crippen LogP contribution is -2.25. The molecule has 6 rings (SSSR count). The second-order valence-electron chi connectivity index (χ2n) is 11.1. The van der Waals surface area contributed by atoms with E-state index in [-0.39, 0.29) is 17.6 Å². The first-order chi connectivity index (χ1) is 21.3. The lowest BCUT2D eigenvalue weighted by atomic mass is 9.97. The number of aliphatic imine (C=N–C) groups is 1. The molecule has 1 fully saturated rings. The van der Waals surface area contributed by atoms with Crippen LogP contribution < -0.4 is 15.4 Å². The molecule has 2 aliphatic rings. The summed E-state index contributed by atoms with van der Waals surface area (Å²) in [6.45, 7) is 5.69. The van der Waals surface area contributed by atoms with Crippen LogP contribution in [0.2, 0.25) is 0 Å². The van der Waals surface area contributed by atoms with Gasteiger partial charge in [0.1, 0.15) is 24.0 Å². The van der Waals surface area contributed by atoms with E-state index in [2.05, 4.69) is 25.6 Å². The van der Waals surface area contributed by atoms with E-state index in [1.807, 2.05) is 31.2 Å². The van der Waals surface area contributed by atoms with Crippen LogP contribution in [0.15, 0.2) is 77.8 Å². The van der Waals surface area contributed by atoms with E-state index in [0.717, 1.165) is 42.3 Å². The minimum absolute atomic E-state index is 0.203. The Morgan fingerprint density at radius 3 is 2.57 bits per heavy atom. The molecule has 0 radical (unpaired) electrons. The quantitative estimate of drug-likeness (QED) is 0.196. The number of benzene rings is 3. The number of hydrogen-bond acceptors (Lipinski definition) is 7. The number of aryl methyl sites for hydroxylation is 2. The fourth-order valence-corrected chi connectivity index (χ4v) is 5.59. The van der Waals surface area contributed by atoms with E-state index >= 15 is 0 Å². The number of aromatic nitrogens is 2. The number of nitrogens with zero attached hydrogens (tertiary/aromatic N) is 4. The first kappa shape index (κ1) is 29.0. The minimum atomic E-state index is -0.570. The number of carbonyl (C=O) groups is 3.